The summed E-state index contributed by atoms with van der Waals surface area (Å²) in [6, 6.07) is 9.46. The van der Waals surface area contributed by atoms with Crippen LogP contribution in [0.25, 0.3) is 11.1 Å². The molecule has 0 bridgehead atoms. The maximum absolute atomic E-state index is 11.7. The number of benzene rings is 1. The van der Waals surface area contributed by atoms with Gasteiger partial charge < -0.3 is 10.5 Å². The van der Waals surface area contributed by atoms with Crippen molar-refractivity contribution >= 4 is 11.8 Å². The Balaban J connectivity index is 2.64. The first-order valence-electron chi connectivity index (χ1n) is 5.69. The number of nitrogen functional groups attached to an aromatic ring is 1. The lowest BCUT2D eigenvalue weighted by Crippen LogP contribution is -2.05. The van der Waals surface area contributed by atoms with E-state index < -0.39 is 5.97 Å². The molecule has 0 amide bonds. The Hall–Kier alpha value is -2.30. The molecular formula is C13H15N3O2. The first-order valence-corrected chi connectivity index (χ1v) is 5.69. The number of hydrogen-bond donors (Lipinski definition) is 1. The Bertz CT molecular complexity index is 561. The van der Waals surface area contributed by atoms with Crippen molar-refractivity contribution in [3.05, 3.63) is 36.0 Å². The maximum atomic E-state index is 11.7. The van der Waals surface area contributed by atoms with Crippen molar-refractivity contribution < 1.29 is 9.53 Å². The highest BCUT2D eigenvalue weighted by Crippen LogP contribution is 2.29. The highest BCUT2D eigenvalue weighted by atomic mass is 16.5. The van der Waals surface area contributed by atoms with Crippen molar-refractivity contribution in [2.45, 2.75) is 13.5 Å². The zero-order valence-corrected chi connectivity index (χ0v) is 10.4. The van der Waals surface area contributed by atoms with E-state index in [0.29, 0.717) is 17.9 Å². The minimum absolute atomic E-state index is 0.253. The number of esters is 1. The van der Waals surface area contributed by atoms with E-state index in [-0.39, 0.29) is 5.69 Å². The Morgan fingerprint density at radius 2 is 2.06 bits per heavy atom. The molecule has 0 saturated heterocycles. The molecule has 1 heterocycles. The Morgan fingerprint density at radius 1 is 1.39 bits per heavy atom. The minimum atomic E-state index is -0.479. The van der Waals surface area contributed by atoms with Gasteiger partial charge in [0.25, 0.3) is 0 Å². The van der Waals surface area contributed by atoms with E-state index in [1.54, 1.807) is 4.68 Å². The van der Waals surface area contributed by atoms with Crippen LogP contribution in [-0.2, 0) is 11.3 Å². The number of nitrogens with two attached hydrogens (primary N) is 1. The van der Waals surface area contributed by atoms with Crippen LogP contribution < -0.4 is 5.73 Å². The molecule has 0 saturated carbocycles. The van der Waals surface area contributed by atoms with E-state index in [2.05, 4.69) is 5.10 Å². The fourth-order valence-electron chi connectivity index (χ4n) is 1.84. The van der Waals surface area contributed by atoms with Crippen molar-refractivity contribution in [2.75, 3.05) is 12.8 Å². The number of nitrogens with zero attached hydrogens (tertiary/aromatic N) is 2. The van der Waals surface area contributed by atoms with Crippen molar-refractivity contribution in [3.63, 3.8) is 0 Å². The molecule has 0 aliphatic carbocycles. The van der Waals surface area contributed by atoms with E-state index in [0.717, 1.165) is 5.56 Å². The molecule has 5 nitrogen and oxygen atoms in total. The molecule has 2 rings (SSSR count). The van der Waals surface area contributed by atoms with Crippen molar-refractivity contribution in [1.29, 1.82) is 0 Å². The second-order valence-electron chi connectivity index (χ2n) is 3.78. The van der Waals surface area contributed by atoms with Gasteiger partial charge in [0.15, 0.2) is 5.69 Å². The third-order valence-electron chi connectivity index (χ3n) is 2.73. The van der Waals surface area contributed by atoms with Crippen molar-refractivity contribution in [1.82, 2.24) is 9.78 Å². The van der Waals surface area contributed by atoms with Crippen LogP contribution in [0, 0.1) is 0 Å². The van der Waals surface area contributed by atoms with Gasteiger partial charge in [-0.3, -0.25) is 0 Å². The summed E-state index contributed by atoms with van der Waals surface area (Å²) in [4.78, 5) is 11.7. The average Bonchev–Trinajstić information content (AvgIpc) is 2.75. The lowest BCUT2D eigenvalue weighted by atomic mass is 10.1. The molecule has 18 heavy (non-hydrogen) atoms. The number of carbonyl (C=O) groups excluding carboxylic acids is 1. The zero-order valence-electron chi connectivity index (χ0n) is 10.4. The second-order valence-corrected chi connectivity index (χ2v) is 3.78. The number of ether oxygens (including phenoxy) is 1. The van der Waals surface area contributed by atoms with Gasteiger partial charge in [0.2, 0.25) is 0 Å². The molecular weight excluding hydrogens is 230 g/mol. The summed E-state index contributed by atoms with van der Waals surface area (Å²) in [5, 5.41) is 4.19. The summed E-state index contributed by atoms with van der Waals surface area (Å²) in [7, 11) is 1.33. The fraction of sp³-hybridized carbons (Fsp3) is 0.231. The molecule has 0 radical (unpaired) electrons. The van der Waals surface area contributed by atoms with Gasteiger partial charge in [-0.2, -0.15) is 5.10 Å². The van der Waals surface area contributed by atoms with Crippen LogP contribution >= 0.6 is 0 Å². The van der Waals surface area contributed by atoms with Crippen molar-refractivity contribution in [2.24, 2.45) is 0 Å². The number of rotatable bonds is 3. The smallest absolute Gasteiger partial charge is 0.359 e. The molecule has 2 N–H and O–H groups in total. The summed E-state index contributed by atoms with van der Waals surface area (Å²) >= 11 is 0. The lowest BCUT2D eigenvalue weighted by molar-refractivity contribution is 0.0594. The number of hydrogen-bond acceptors (Lipinski definition) is 4. The molecule has 0 unspecified atom stereocenters. The average molecular weight is 245 g/mol. The number of anilines is 1. The fourth-order valence-corrected chi connectivity index (χ4v) is 1.84. The van der Waals surface area contributed by atoms with E-state index in [4.69, 9.17) is 10.5 Å². The van der Waals surface area contributed by atoms with E-state index in [9.17, 15) is 4.79 Å². The van der Waals surface area contributed by atoms with E-state index in [1.807, 2.05) is 37.3 Å². The van der Waals surface area contributed by atoms with Crippen LogP contribution in [0.2, 0.25) is 0 Å². The Labute approximate surface area is 105 Å². The lowest BCUT2D eigenvalue weighted by Gasteiger charge is -2.03. The number of methoxy groups -OCH3 is 1. The predicted octanol–water partition coefficient (Wildman–Crippen LogP) is 1.94. The van der Waals surface area contributed by atoms with Crippen LogP contribution in [-0.4, -0.2) is 22.9 Å². The molecule has 2 aromatic rings. The summed E-state index contributed by atoms with van der Waals surface area (Å²) < 4.78 is 6.33. The van der Waals surface area contributed by atoms with Crippen LogP contribution in [0.3, 0.4) is 0 Å². The van der Waals surface area contributed by atoms with Gasteiger partial charge in [-0.15, -0.1) is 0 Å². The Kier molecular flexibility index (Phi) is 3.32. The van der Waals surface area contributed by atoms with Gasteiger partial charge >= 0.3 is 5.97 Å². The van der Waals surface area contributed by atoms with Crippen LogP contribution in [0.4, 0.5) is 5.82 Å². The van der Waals surface area contributed by atoms with Gasteiger partial charge in [-0.25, -0.2) is 9.48 Å². The maximum Gasteiger partial charge on any atom is 0.359 e. The zero-order chi connectivity index (χ0) is 13.1. The van der Waals surface area contributed by atoms with E-state index in [1.165, 1.54) is 7.11 Å². The molecule has 1 aromatic carbocycles. The van der Waals surface area contributed by atoms with Crippen molar-refractivity contribution in [3.8, 4) is 11.1 Å². The standard InChI is InChI=1S/C13H15N3O2/c1-3-16-12(14)10(9-7-5-4-6-8-9)11(15-16)13(17)18-2/h4-8H,3,14H2,1-2H3. The van der Waals surface area contributed by atoms with E-state index >= 15 is 0 Å². The predicted molar refractivity (Wildman–Crippen MR) is 69.1 cm³/mol. The Morgan fingerprint density at radius 3 is 2.61 bits per heavy atom. The van der Waals surface area contributed by atoms with Gasteiger partial charge in [-0.1, -0.05) is 30.3 Å². The van der Waals surface area contributed by atoms with Gasteiger partial charge in [0, 0.05) is 6.54 Å². The number of aromatic nitrogens is 2. The highest BCUT2D eigenvalue weighted by molar-refractivity contribution is 5.98. The normalized spacial score (nSPS) is 10.3. The molecule has 0 spiro atoms. The van der Waals surface area contributed by atoms with Gasteiger partial charge in [-0.05, 0) is 12.5 Å². The number of aryl methyl sites for hydroxylation is 1. The SMILES string of the molecule is CCn1nc(C(=O)OC)c(-c2ccccc2)c1N. The molecule has 0 aliphatic rings. The largest absolute Gasteiger partial charge is 0.464 e. The molecule has 94 valence electrons. The third-order valence-corrected chi connectivity index (χ3v) is 2.73. The monoisotopic (exact) mass is 245 g/mol. The first kappa shape index (κ1) is 12.2. The van der Waals surface area contributed by atoms with Gasteiger partial charge in [0.1, 0.15) is 5.82 Å². The second kappa shape index (κ2) is 4.91. The van der Waals surface area contributed by atoms with Crippen LogP contribution in [0.5, 0.6) is 0 Å². The minimum Gasteiger partial charge on any atom is -0.464 e. The third kappa shape index (κ3) is 1.95. The van der Waals surface area contributed by atoms with Crippen LogP contribution in [0.1, 0.15) is 17.4 Å². The quantitative estimate of drug-likeness (QED) is 0.839. The molecule has 1 aromatic heterocycles. The summed E-state index contributed by atoms with van der Waals surface area (Å²) in [5.41, 5.74) is 7.77. The summed E-state index contributed by atoms with van der Waals surface area (Å²) in [6.45, 7) is 2.52. The summed E-state index contributed by atoms with van der Waals surface area (Å²) in [6.07, 6.45) is 0. The highest BCUT2D eigenvalue weighted by Gasteiger charge is 2.22. The molecule has 5 heteroatoms. The molecule has 0 atom stereocenters. The van der Waals surface area contributed by atoms with Crippen LogP contribution in [0.15, 0.2) is 30.3 Å². The van der Waals surface area contributed by atoms with Gasteiger partial charge in [0.05, 0.1) is 12.7 Å². The molecule has 0 aliphatic heterocycles. The first-order chi connectivity index (χ1) is 8.69. The summed E-state index contributed by atoms with van der Waals surface area (Å²) in [5.74, 6) is -0.00291. The molecule has 0 fully saturated rings. The number of carbonyl (C=O) groups is 1. The topological polar surface area (TPSA) is 70.1 Å².